The van der Waals surface area contributed by atoms with Gasteiger partial charge in [0.2, 0.25) is 11.8 Å². The van der Waals surface area contributed by atoms with Crippen LogP contribution < -0.4 is 20.1 Å². The third-order valence-electron chi connectivity index (χ3n) is 7.38. The summed E-state index contributed by atoms with van der Waals surface area (Å²) in [6.45, 7) is 0. The van der Waals surface area contributed by atoms with E-state index >= 15 is 0 Å². The molecule has 0 spiro atoms. The summed E-state index contributed by atoms with van der Waals surface area (Å²) < 4.78 is 99.3. The predicted molar refractivity (Wildman–Crippen MR) is 179 cm³/mol. The van der Waals surface area contributed by atoms with Crippen LogP contribution in [0.1, 0.15) is 16.7 Å². The van der Waals surface area contributed by atoms with Gasteiger partial charge in [0.1, 0.15) is 29.0 Å². The summed E-state index contributed by atoms with van der Waals surface area (Å²) in [6.07, 6.45) is 0.286. The Morgan fingerprint density at radius 3 is 1.70 bits per heavy atom. The molecule has 274 valence electrons. The van der Waals surface area contributed by atoms with E-state index in [9.17, 15) is 35.9 Å². The highest BCUT2D eigenvalue weighted by Crippen LogP contribution is 2.34. The molecule has 0 saturated heterocycles. The number of alkyl halides is 3. The lowest BCUT2D eigenvalue weighted by Gasteiger charge is -2.11. The lowest BCUT2D eigenvalue weighted by Crippen LogP contribution is -2.15. The van der Waals surface area contributed by atoms with E-state index in [1.54, 1.807) is 36.5 Å². The molecule has 0 aliphatic heterocycles. The zero-order valence-corrected chi connectivity index (χ0v) is 27.8. The van der Waals surface area contributed by atoms with Crippen molar-refractivity contribution in [2.24, 2.45) is 0 Å². The van der Waals surface area contributed by atoms with Crippen molar-refractivity contribution in [3.05, 3.63) is 132 Å². The third-order valence-corrected chi connectivity index (χ3v) is 7.38. The first-order valence-corrected chi connectivity index (χ1v) is 15.4. The number of rotatable bonds is 10. The van der Waals surface area contributed by atoms with Crippen molar-refractivity contribution >= 4 is 23.2 Å². The van der Waals surface area contributed by atoms with Gasteiger partial charge in [-0.15, -0.1) is 0 Å². The summed E-state index contributed by atoms with van der Waals surface area (Å²) in [7, 11) is 2.93. The number of nitrogens with zero attached hydrogens (tertiary/aromatic N) is 2. The number of hydrogen-bond donors (Lipinski definition) is 2. The summed E-state index contributed by atoms with van der Waals surface area (Å²) >= 11 is 0. The average Bonchev–Trinajstić information content (AvgIpc) is 3.85. The first kappa shape index (κ1) is 37.7. The van der Waals surface area contributed by atoms with Crippen LogP contribution in [0.15, 0.2) is 107 Å². The molecule has 2 N–H and O–H groups in total. The molecule has 0 aliphatic rings. The fourth-order valence-corrected chi connectivity index (χ4v) is 4.99. The molecule has 2 amide bonds. The van der Waals surface area contributed by atoms with Crippen molar-refractivity contribution in [2.75, 3.05) is 24.9 Å². The van der Waals surface area contributed by atoms with Crippen molar-refractivity contribution in [3.8, 4) is 34.1 Å². The minimum Gasteiger partial charge on any atom is -0.496 e. The van der Waals surface area contributed by atoms with Gasteiger partial charge in [-0.05, 0) is 59.7 Å². The number of methoxy groups -OCH3 is 2. The van der Waals surface area contributed by atoms with Gasteiger partial charge in [-0.1, -0.05) is 6.07 Å². The second-order valence-corrected chi connectivity index (χ2v) is 11.1. The van der Waals surface area contributed by atoms with E-state index in [0.717, 1.165) is 24.3 Å². The highest BCUT2D eigenvalue weighted by Gasteiger charge is 2.31. The Morgan fingerprint density at radius 2 is 1.23 bits per heavy atom. The van der Waals surface area contributed by atoms with Gasteiger partial charge in [0, 0.05) is 29.6 Å². The van der Waals surface area contributed by atoms with Crippen LogP contribution in [0.4, 0.5) is 37.7 Å². The first-order valence-electron chi connectivity index (χ1n) is 15.4. The summed E-state index contributed by atoms with van der Waals surface area (Å²) in [6, 6.07) is 14.9. The van der Waals surface area contributed by atoms with E-state index in [4.69, 9.17) is 18.3 Å². The van der Waals surface area contributed by atoms with Crippen LogP contribution in [0.25, 0.3) is 22.6 Å². The van der Waals surface area contributed by atoms with Crippen LogP contribution in [0, 0.1) is 17.5 Å². The number of aromatic nitrogens is 2. The quantitative estimate of drug-likeness (QED) is 0.134. The Bertz CT molecular complexity index is 2190. The zero-order valence-electron chi connectivity index (χ0n) is 27.8. The number of amides is 2. The number of hydrogen-bond acceptors (Lipinski definition) is 8. The lowest BCUT2D eigenvalue weighted by molar-refractivity contribution is -0.138. The molecule has 0 atom stereocenters. The molecule has 6 aromatic rings. The number of anilines is 2. The Hall–Kier alpha value is -6.58. The normalized spacial score (nSPS) is 10.9. The highest BCUT2D eigenvalue weighted by molar-refractivity contribution is 5.93. The van der Waals surface area contributed by atoms with Crippen LogP contribution >= 0.6 is 0 Å². The van der Waals surface area contributed by atoms with Crippen LogP contribution in [0.3, 0.4) is 0 Å². The number of carbonyl (C=O) groups is 2. The molecular weight excluding hydrogens is 710 g/mol. The molecule has 10 nitrogen and oxygen atoms in total. The third kappa shape index (κ3) is 10.0. The van der Waals surface area contributed by atoms with Gasteiger partial charge in [0.05, 0.1) is 56.1 Å². The van der Waals surface area contributed by atoms with E-state index in [-0.39, 0.29) is 17.5 Å². The molecule has 0 bridgehead atoms. The number of benzene rings is 4. The van der Waals surface area contributed by atoms with Gasteiger partial charge in [-0.25, -0.2) is 23.1 Å². The maximum absolute atomic E-state index is 13.6. The SMILES string of the molecule is COc1cc(NC(=O)Cc2cc(F)cc(C(F)(F)F)c2)ccc1-c1cnco1.COc1cc(NC(=O)Cc2ccc(F)cc2F)ccc1-c1cnco1. The molecule has 4 aromatic carbocycles. The predicted octanol–water partition coefficient (Wildman–Crippen LogP) is 8.50. The van der Waals surface area contributed by atoms with E-state index in [0.29, 0.717) is 51.6 Å². The van der Waals surface area contributed by atoms with Crippen molar-refractivity contribution in [2.45, 2.75) is 19.0 Å². The minimum atomic E-state index is -4.70. The van der Waals surface area contributed by atoms with Crippen molar-refractivity contribution in [3.63, 3.8) is 0 Å². The van der Waals surface area contributed by atoms with Crippen molar-refractivity contribution in [1.82, 2.24) is 9.97 Å². The Balaban J connectivity index is 0.000000206. The van der Waals surface area contributed by atoms with Gasteiger partial charge < -0.3 is 28.9 Å². The standard InChI is InChI=1S/C19H14F4N2O3.C18H14F2N2O3/c1-27-16-8-14(2-3-15(16)17-9-24-10-28-17)25-18(26)6-11-4-12(19(21,22)23)7-13(20)5-11;1-24-16-8-13(4-5-14(16)17-9-21-10-25-17)22-18(23)6-11-2-3-12(19)7-15(11)20/h2-5,7-10H,6H2,1H3,(H,25,26);2-5,7-10H,6H2,1H3,(H,22,23). The van der Waals surface area contributed by atoms with E-state index in [1.807, 2.05) is 0 Å². The number of carbonyl (C=O) groups excluding carboxylic acids is 2. The fraction of sp³-hybridized carbons (Fsp3) is 0.135. The van der Waals surface area contributed by atoms with Gasteiger partial charge in [-0.2, -0.15) is 13.2 Å². The molecule has 6 rings (SSSR count). The molecule has 0 fully saturated rings. The summed E-state index contributed by atoms with van der Waals surface area (Å²) in [5.74, 6) is -1.65. The van der Waals surface area contributed by atoms with Crippen molar-refractivity contribution in [1.29, 1.82) is 0 Å². The molecule has 0 saturated carbocycles. The first-order chi connectivity index (χ1) is 25.3. The van der Waals surface area contributed by atoms with Crippen LogP contribution in [0.2, 0.25) is 0 Å². The molecule has 16 heteroatoms. The topological polar surface area (TPSA) is 129 Å². The van der Waals surface area contributed by atoms with Crippen molar-refractivity contribution < 1.29 is 54.2 Å². The summed E-state index contributed by atoms with van der Waals surface area (Å²) in [5, 5.41) is 5.20. The smallest absolute Gasteiger partial charge is 0.416 e. The van der Waals surface area contributed by atoms with Gasteiger partial charge in [0.15, 0.2) is 24.3 Å². The molecule has 2 heterocycles. The molecule has 0 radical (unpaired) electrons. The molecule has 53 heavy (non-hydrogen) atoms. The summed E-state index contributed by atoms with van der Waals surface area (Å²) in [4.78, 5) is 31.9. The van der Waals surface area contributed by atoms with E-state index in [1.165, 1.54) is 45.3 Å². The Morgan fingerprint density at radius 1 is 0.679 bits per heavy atom. The number of oxazole rings is 2. The summed E-state index contributed by atoms with van der Waals surface area (Å²) in [5.41, 5.74) is 1.01. The maximum Gasteiger partial charge on any atom is 0.416 e. The van der Waals surface area contributed by atoms with Gasteiger partial charge >= 0.3 is 6.18 Å². The van der Waals surface area contributed by atoms with Crippen LogP contribution in [-0.4, -0.2) is 36.0 Å². The largest absolute Gasteiger partial charge is 0.496 e. The highest BCUT2D eigenvalue weighted by atomic mass is 19.4. The number of nitrogens with one attached hydrogen (secondary N) is 2. The van der Waals surface area contributed by atoms with Crippen LogP contribution in [0.5, 0.6) is 11.5 Å². The maximum atomic E-state index is 13.6. The monoisotopic (exact) mass is 738 g/mol. The average molecular weight is 739 g/mol. The second kappa shape index (κ2) is 16.6. The molecule has 0 unspecified atom stereocenters. The molecular formula is C37H28F6N4O6. The number of ether oxygens (including phenoxy) is 2. The second-order valence-electron chi connectivity index (χ2n) is 11.1. The van der Waals surface area contributed by atoms with E-state index < -0.39 is 47.4 Å². The van der Waals surface area contributed by atoms with Gasteiger partial charge in [0.25, 0.3) is 0 Å². The van der Waals surface area contributed by atoms with E-state index in [2.05, 4.69) is 20.6 Å². The Kier molecular flexibility index (Phi) is 11.8. The molecule has 2 aromatic heterocycles. The molecule has 0 aliphatic carbocycles. The fourth-order valence-electron chi connectivity index (χ4n) is 4.99. The number of halogens is 6. The minimum absolute atomic E-state index is 0.0879. The lowest BCUT2D eigenvalue weighted by atomic mass is 10.1. The zero-order chi connectivity index (χ0) is 38.1. The Labute approximate surface area is 297 Å². The van der Waals surface area contributed by atoms with Crippen LogP contribution in [-0.2, 0) is 28.6 Å². The van der Waals surface area contributed by atoms with Gasteiger partial charge in [-0.3, -0.25) is 9.59 Å².